The maximum absolute atomic E-state index is 12.0. The summed E-state index contributed by atoms with van der Waals surface area (Å²) in [5.74, 6) is 0.809. The molecule has 1 heterocycles. The lowest BCUT2D eigenvalue weighted by molar-refractivity contribution is 0.869. The molecule has 0 amide bonds. The first-order valence-electron chi connectivity index (χ1n) is 7.53. The predicted molar refractivity (Wildman–Crippen MR) is 90.4 cm³/mol. The minimum Gasteiger partial charge on any atom is -0.301 e. The van der Waals surface area contributed by atoms with Gasteiger partial charge in [-0.25, -0.2) is 4.98 Å². The Labute approximate surface area is 132 Å². The van der Waals surface area contributed by atoms with E-state index in [1.54, 1.807) is 11.8 Å². The average Bonchev–Trinajstić information content (AvgIpc) is 3.02. The minimum absolute atomic E-state index is 0.0444. The summed E-state index contributed by atoms with van der Waals surface area (Å²) < 4.78 is 0. The molecule has 4 rings (SSSR count). The summed E-state index contributed by atoms with van der Waals surface area (Å²) in [4.78, 5) is 19.6. The van der Waals surface area contributed by atoms with E-state index in [4.69, 9.17) is 0 Å². The topological polar surface area (TPSA) is 45.8 Å². The first kappa shape index (κ1) is 13.6. The molecule has 0 atom stereocenters. The second-order valence-electron chi connectivity index (χ2n) is 5.58. The Morgan fingerprint density at radius 2 is 1.95 bits per heavy atom. The molecular formula is C18H16N2OS. The molecule has 0 saturated heterocycles. The number of aryl methyl sites for hydroxylation is 1. The van der Waals surface area contributed by atoms with E-state index in [9.17, 15) is 4.79 Å². The molecule has 0 bridgehead atoms. The van der Waals surface area contributed by atoms with Gasteiger partial charge in [-0.3, -0.25) is 4.79 Å². The van der Waals surface area contributed by atoms with Crippen molar-refractivity contribution in [3.05, 3.63) is 69.6 Å². The van der Waals surface area contributed by atoms with Gasteiger partial charge in [0.1, 0.15) is 0 Å². The van der Waals surface area contributed by atoms with Gasteiger partial charge in [-0.2, -0.15) is 0 Å². The molecule has 3 aromatic rings. The molecule has 110 valence electrons. The van der Waals surface area contributed by atoms with Crippen LogP contribution in [-0.2, 0) is 18.6 Å². The van der Waals surface area contributed by atoms with Crippen molar-refractivity contribution in [3.63, 3.8) is 0 Å². The number of H-pyrrole nitrogens is 1. The van der Waals surface area contributed by atoms with E-state index in [0.717, 1.165) is 41.4 Å². The summed E-state index contributed by atoms with van der Waals surface area (Å²) in [6.45, 7) is 0. The number of benzene rings is 2. The Morgan fingerprint density at radius 3 is 2.91 bits per heavy atom. The predicted octanol–water partition coefficient (Wildman–Crippen LogP) is 3.70. The normalized spacial score (nSPS) is 13.5. The first-order chi connectivity index (χ1) is 10.8. The van der Waals surface area contributed by atoms with E-state index in [-0.39, 0.29) is 5.56 Å². The van der Waals surface area contributed by atoms with E-state index < -0.39 is 0 Å². The zero-order valence-corrected chi connectivity index (χ0v) is 13.0. The van der Waals surface area contributed by atoms with Gasteiger partial charge in [0.2, 0.25) is 0 Å². The van der Waals surface area contributed by atoms with Crippen molar-refractivity contribution in [2.75, 3.05) is 0 Å². The molecule has 1 N–H and O–H groups in total. The lowest BCUT2D eigenvalue weighted by atomic mass is 10.1. The molecule has 1 aliphatic rings. The fourth-order valence-electron chi connectivity index (χ4n) is 3.05. The van der Waals surface area contributed by atoms with Crippen molar-refractivity contribution in [3.8, 4) is 0 Å². The van der Waals surface area contributed by atoms with Crippen LogP contribution in [0.3, 0.4) is 0 Å². The number of nitrogens with one attached hydrogen (secondary N) is 1. The van der Waals surface area contributed by atoms with E-state index in [1.165, 1.54) is 16.3 Å². The van der Waals surface area contributed by atoms with Crippen LogP contribution in [0.1, 0.15) is 23.2 Å². The maximum Gasteiger partial charge on any atom is 0.254 e. The van der Waals surface area contributed by atoms with Crippen molar-refractivity contribution >= 4 is 22.5 Å². The van der Waals surface area contributed by atoms with Gasteiger partial charge in [-0.05, 0) is 35.6 Å². The summed E-state index contributed by atoms with van der Waals surface area (Å²) in [5.41, 5.74) is 3.19. The zero-order chi connectivity index (χ0) is 14.9. The number of thioether (sulfide) groups is 1. The highest BCUT2D eigenvalue weighted by Crippen LogP contribution is 2.26. The van der Waals surface area contributed by atoms with Crippen LogP contribution < -0.4 is 5.56 Å². The Bertz CT molecular complexity index is 896. The Balaban J connectivity index is 1.62. The molecule has 22 heavy (non-hydrogen) atoms. The molecule has 1 aliphatic carbocycles. The van der Waals surface area contributed by atoms with Crippen LogP contribution >= 0.6 is 11.8 Å². The lowest BCUT2D eigenvalue weighted by Crippen LogP contribution is -2.14. The number of hydrogen-bond acceptors (Lipinski definition) is 3. The van der Waals surface area contributed by atoms with Crippen LogP contribution in [0.2, 0.25) is 0 Å². The van der Waals surface area contributed by atoms with Gasteiger partial charge in [0.25, 0.3) is 5.56 Å². The third kappa shape index (κ3) is 2.44. The van der Waals surface area contributed by atoms with E-state index >= 15 is 0 Å². The first-order valence-corrected chi connectivity index (χ1v) is 8.51. The van der Waals surface area contributed by atoms with Gasteiger partial charge >= 0.3 is 0 Å². The van der Waals surface area contributed by atoms with Crippen LogP contribution in [0.4, 0.5) is 0 Å². The Kier molecular flexibility index (Phi) is 3.47. The fraction of sp³-hybridized carbons (Fsp3) is 0.222. The molecule has 2 aromatic carbocycles. The van der Waals surface area contributed by atoms with E-state index in [1.807, 2.05) is 0 Å². The Morgan fingerprint density at radius 1 is 1.09 bits per heavy atom. The molecule has 0 spiro atoms. The smallest absolute Gasteiger partial charge is 0.254 e. The van der Waals surface area contributed by atoms with Crippen molar-refractivity contribution in [2.45, 2.75) is 30.2 Å². The van der Waals surface area contributed by atoms with Crippen LogP contribution in [0.5, 0.6) is 0 Å². The second kappa shape index (κ2) is 5.61. The summed E-state index contributed by atoms with van der Waals surface area (Å²) >= 11 is 1.60. The summed E-state index contributed by atoms with van der Waals surface area (Å²) in [7, 11) is 0. The zero-order valence-electron chi connectivity index (χ0n) is 12.1. The van der Waals surface area contributed by atoms with Gasteiger partial charge in [-0.15, -0.1) is 0 Å². The second-order valence-corrected chi connectivity index (χ2v) is 6.54. The van der Waals surface area contributed by atoms with Crippen molar-refractivity contribution in [1.29, 1.82) is 0 Å². The fourth-order valence-corrected chi connectivity index (χ4v) is 3.94. The third-order valence-electron chi connectivity index (χ3n) is 4.16. The highest BCUT2D eigenvalue weighted by molar-refractivity contribution is 7.98. The molecule has 0 saturated carbocycles. The van der Waals surface area contributed by atoms with Crippen molar-refractivity contribution in [1.82, 2.24) is 9.97 Å². The summed E-state index contributed by atoms with van der Waals surface area (Å²) in [6.07, 6.45) is 2.84. The monoisotopic (exact) mass is 308 g/mol. The van der Waals surface area contributed by atoms with Crippen LogP contribution in [0.25, 0.3) is 10.8 Å². The number of fused-ring (bicyclic) bond motifs is 2. The number of aromatic amines is 1. The van der Waals surface area contributed by atoms with Gasteiger partial charge in [-0.1, -0.05) is 54.2 Å². The van der Waals surface area contributed by atoms with Crippen molar-refractivity contribution in [2.24, 2.45) is 0 Å². The van der Waals surface area contributed by atoms with E-state index in [0.29, 0.717) is 0 Å². The van der Waals surface area contributed by atoms with Gasteiger partial charge in [0.05, 0.1) is 5.69 Å². The average molecular weight is 308 g/mol. The third-order valence-corrected chi connectivity index (χ3v) is 5.09. The quantitative estimate of drug-likeness (QED) is 0.593. The molecule has 1 aromatic heterocycles. The summed E-state index contributed by atoms with van der Waals surface area (Å²) in [5, 5.41) is 3.25. The molecule has 3 nitrogen and oxygen atoms in total. The molecule has 0 unspecified atom stereocenters. The maximum atomic E-state index is 12.0. The standard InChI is InChI=1S/C18H16N2OS/c21-17-15-9-4-10-16(15)19-18(20-17)22-11-13-7-3-6-12-5-1-2-8-14(12)13/h1-3,5-8H,4,9-11H2,(H,19,20,21). The Hall–Kier alpha value is -2.07. The minimum atomic E-state index is 0.0444. The van der Waals surface area contributed by atoms with Gasteiger partial charge in [0.15, 0.2) is 5.16 Å². The number of nitrogens with zero attached hydrogens (tertiary/aromatic N) is 1. The van der Waals surface area contributed by atoms with Gasteiger partial charge < -0.3 is 4.98 Å². The van der Waals surface area contributed by atoms with Crippen LogP contribution in [0.15, 0.2) is 52.4 Å². The van der Waals surface area contributed by atoms with E-state index in [2.05, 4.69) is 52.4 Å². The van der Waals surface area contributed by atoms with Crippen LogP contribution in [0, 0.1) is 0 Å². The van der Waals surface area contributed by atoms with Crippen molar-refractivity contribution < 1.29 is 0 Å². The molecule has 4 heteroatoms. The molecular weight excluding hydrogens is 292 g/mol. The molecule has 0 aliphatic heterocycles. The summed E-state index contributed by atoms with van der Waals surface area (Å²) in [6, 6.07) is 14.7. The molecule has 0 fully saturated rings. The number of aromatic nitrogens is 2. The van der Waals surface area contributed by atoms with Gasteiger partial charge in [0, 0.05) is 11.3 Å². The highest BCUT2D eigenvalue weighted by atomic mass is 32.2. The highest BCUT2D eigenvalue weighted by Gasteiger charge is 2.17. The number of hydrogen-bond donors (Lipinski definition) is 1. The largest absolute Gasteiger partial charge is 0.301 e. The SMILES string of the molecule is O=c1[nH]c(SCc2cccc3ccccc23)nc2c1CCC2. The van der Waals surface area contributed by atoms with Crippen LogP contribution in [-0.4, -0.2) is 9.97 Å². The number of rotatable bonds is 3. The molecule has 0 radical (unpaired) electrons. The lowest BCUT2D eigenvalue weighted by Gasteiger charge is -2.07.